The summed E-state index contributed by atoms with van der Waals surface area (Å²) in [5.41, 5.74) is 5.31. The predicted octanol–water partition coefficient (Wildman–Crippen LogP) is 4.11. The van der Waals surface area contributed by atoms with Gasteiger partial charge in [0.25, 0.3) is 5.91 Å². The minimum absolute atomic E-state index is 0.0603. The average molecular weight is 483 g/mol. The van der Waals surface area contributed by atoms with E-state index in [0.29, 0.717) is 17.7 Å². The van der Waals surface area contributed by atoms with Crippen LogP contribution in [0.15, 0.2) is 43.0 Å². The number of nitrogens with zero attached hydrogens (tertiary/aromatic N) is 2. The van der Waals surface area contributed by atoms with Gasteiger partial charge in [-0.25, -0.2) is 0 Å². The Labute approximate surface area is 213 Å². The molecule has 2 bridgehead atoms. The molecular weight excluding hydrogens is 448 g/mol. The van der Waals surface area contributed by atoms with Crippen molar-refractivity contribution in [2.24, 2.45) is 5.92 Å². The van der Waals surface area contributed by atoms with Crippen LogP contribution in [0.2, 0.25) is 0 Å². The molecule has 1 spiro atoms. The monoisotopic (exact) mass is 482 g/mol. The van der Waals surface area contributed by atoms with Gasteiger partial charge in [-0.05, 0) is 87.4 Å². The maximum absolute atomic E-state index is 13.3. The van der Waals surface area contributed by atoms with Crippen molar-refractivity contribution in [1.82, 2.24) is 9.80 Å². The summed E-state index contributed by atoms with van der Waals surface area (Å²) in [4.78, 5) is 17.6. The Morgan fingerprint density at radius 2 is 2.11 bits per heavy atom. The Kier molecular flexibility index (Phi) is 5.42. The zero-order chi connectivity index (χ0) is 25.2. The first-order valence-corrected chi connectivity index (χ1v) is 13.1. The molecule has 4 aliphatic rings. The fraction of sp³-hybridized carbons (Fsp3) is 0.452. The minimum Gasteiger partial charge on any atom is -0.508 e. The summed E-state index contributed by atoms with van der Waals surface area (Å²) < 4.78 is 6.71. The molecule has 1 amide bonds. The summed E-state index contributed by atoms with van der Waals surface area (Å²) in [6, 6.07) is 10.0. The van der Waals surface area contributed by atoms with Gasteiger partial charge in [0.2, 0.25) is 0 Å². The molecule has 6 rings (SSSR count). The van der Waals surface area contributed by atoms with Gasteiger partial charge in [-0.2, -0.15) is 0 Å². The number of piperidine rings is 1. The van der Waals surface area contributed by atoms with Gasteiger partial charge in [-0.3, -0.25) is 9.69 Å². The molecule has 0 unspecified atom stereocenters. The largest absolute Gasteiger partial charge is 0.508 e. The number of phenolic OH excluding ortho intramolecular Hbond substituents is 1. The zero-order valence-electron chi connectivity index (χ0n) is 21.4. The molecule has 0 radical (unpaired) electrons. The van der Waals surface area contributed by atoms with Gasteiger partial charge < -0.3 is 14.7 Å². The Balaban J connectivity index is 1.34. The number of aryl methyl sites for hydroxylation is 2. The molecule has 2 aromatic rings. The maximum Gasteiger partial charge on any atom is 0.298 e. The molecular formula is C31H34N2O3. The molecule has 0 aromatic heterocycles. The van der Waals surface area contributed by atoms with Gasteiger partial charge >= 0.3 is 0 Å². The number of amides is 1. The molecule has 5 heteroatoms. The van der Waals surface area contributed by atoms with Crippen LogP contribution in [0.5, 0.6) is 11.5 Å². The second-order valence-electron chi connectivity index (χ2n) is 11.0. The van der Waals surface area contributed by atoms with E-state index in [4.69, 9.17) is 4.74 Å². The van der Waals surface area contributed by atoms with Crippen molar-refractivity contribution in [3.05, 3.63) is 70.8 Å². The van der Waals surface area contributed by atoms with E-state index in [2.05, 4.69) is 37.2 Å². The highest BCUT2D eigenvalue weighted by atomic mass is 16.5. The third-order valence-electron chi connectivity index (χ3n) is 9.42. The first-order chi connectivity index (χ1) is 17.3. The van der Waals surface area contributed by atoms with Crippen LogP contribution >= 0.6 is 0 Å². The van der Waals surface area contributed by atoms with Gasteiger partial charge in [0, 0.05) is 47.7 Å². The molecule has 5 nitrogen and oxygen atoms in total. The standard InChI is InChI=1S/C31H34N2O3/c1-5-15-33-16-14-31-23-9-10-24(32(4)28(35)13-8-21-7-6-19(2)20(3)17-21)30(31)36-27-12-11-26(34)22(29(27)31)18-25(23)33/h5-7,11-12,17,23-25,30,34H,1,9-10,14-16,18H2,2-4H3/t23-,24+,25+,30-,31-/m0/s1. The second kappa shape index (κ2) is 8.42. The van der Waals surface area contributed by atoms with Crippen molar-refractivity contribution in [3.63, 3.8) is 0 Å². The lowest BCUT2D eigenvalue weighted by Crippen LogP contribution is -2.68. The first kappa shape index (κ1) is 23.2. The fourth-order valence-electron chi connectivity index (χ4n) is 7.58. The molecule has 1 saturated carbocycles. The SMILES string of the molecule is C=CCN1CC[C@@]23c4c5ccc(O)c4C[C@@H]1[C@@H]2CC[C@@H](N(C)C(=O)C#Cc1ccc(C)c(C)c1)[C@@H]3O5. The molecule has 2 aliphatic carbocycles. The van der Waals surface area contributed by atoms with Crippen molar-refractivity contribution < 1.29 is 14.6 Å². The van der Waals surface area contributed by atoms with Crippen LogP contribution < -0.4 is 4.74 Å². The maximum atomic E-state index is 13.3. The summed E-state index contributed by atoms with van der Waals surface area (Å²) in [6.45, 7) is 9.94. The highest BCUT2D eigenvalue weighted by Gasteiger charge is 2.66. The van der Waals surface area contributed by atoms with Crippen LogP contribution in [0.25, 0.3) is 0 Å². The number of benzene rings is 2. The molecule has 2 aromatic carbocycles. The predicted molar refractivity (Wildman–Crippen MR) is 140 cm³/mol. The van der Waals surface area contributed by atoms with Gasteiger partial charge in [0.05, 0.1) is 6.04 Å². The van der Waals surface area contributed by atoms with Crippen LogP contribution in [-0.2, 0) is 16.6 Å². The van der Waals surface area contributed by atoms with Gasteiger partial charge in [-0.1, -0.05) is 18.1 Å². The molecule has 2 aliphatic heterocycles. The third kappa shape index (κ3) is 3.24. The number of aromatic hydroxyl groups is 1. The van der Waals surface area contributed by atoms with Gasteiger partial charge in [-0.15, -0.1) is 6.58 Å². The Bertz CT molecular complexity index is 1320. The summed E-state index contributed by atoms with van der Waals surface area (Å²) in [5.74, 6) is 7.49. The van der Waals surface area contributed by atoms with Gasteiger partial charge in [0.1, 0.15) is 17.6 Å². The molecule has 186 valence electrons. The van der Waals surface area contributed by atoms with Crippen molar-refractivity contribution in [3.8, 4) is 23.3 Å². The zero-order valence-corrected chi connectivity index (χ0v) is 21.4. The van der Waals surface area contributed by atoms with Crippen molar-refractivity contribution in [1.29, 1.82) is 0 Å². The second-order valence-corrected chi connectivity index (χ2v) is 11.0. The quantitative estimate of drug-likeness (QED) is 0.528. The summed E-state index contributed by atoms with van der Waals surface area (Å²) in [5, 5.41) is 10.9. The topological polar surface area (TPSA) is 53.0 Å². The molecule has 5 atom stereocenters. The van der Waals surface area contributed by atoms with Crippen LogP contribution in [0.3, 0.4) is 0 Å². The van der Waals surface area contributed by atoms with E-state index in [1.165, 1.54) is 16.7 Å². The van der Waals surface area contributed by atoms with Gasteiger partial charge in [0.15, 0.2) is 0 Å². The molecule has 36 heavy (non-hydrogen) atoms. The molecule has 2 heterocycles. The number of phenols is 1. The van der Waals surface area contributed by atoms with E-state index >= 15 is 0 Å². The number of likely N-dealkylation sites (N-methyl/N-ethyl adjacent to an activating group) is 1. The lowest BCUT2D eigenvalue weighted by atomic mass is 9.51. The fourth-order valence-corrected chi connectivity index (χ4v) is 7.58. The van der Waals surface area contributed by atoms with E-state index < -0.39 is 0 Å². The Morgan fingerprint density at radius 1 is 1.28 bits per heavy atom. The van der Waals surface area contributed by atoms with E-state index in [-0.39, 0.29) is 23.5 Å². The summed E-state index contributed by atoms with van der Waals surface area (Å²) >= 11 is 0. The van der Waals surface area contributed by atoms with Crippen molar-refractivity contribution in [2.75, 3.05) is 20.1 Å². The number of rotatable bonds is 3. The molecule has 2 fully saturated rings. The van der Waals surface area contributed by atoms with Crippen LogP contribution in [0.1, 0.15) is 47.1 Å². The van der Waals surface area contributed by atoms with E-state index in [9.17, 15) is 9.90 Å². The minimum atomic E-state index is -0.178. The van der Waals surface area contributed by atoms with E-state index in [0.717, 1.165) is 55.6 Å². The molecule has 1 N–H and O–H groups in total. The lowest BCUT2D eigenvalue weighted by Gasteiger charge is -2.60. The number of hydrogen-bond donors (Lipinski definition) is 1. The number of ether oxygens (including phenoxy) is 1. The third-order valence-corrected chi connectivity index (χ3v) is 9.42. The van der Waals surface area contributed by atoms with Crippen molar-refractivity contribution in [2.45, 2.75) is 63.1 Å². The normalized spacial score (nSPS) is 29.4. The number of likely N-dealkylation sites (tertiary alicyclic amines) is 1. The smallest absolute Gasteiger partial charge is 0.298 e. The summed E-state index contributed by atoms with van der Waals surface area (Å²) in [6.07, 6.45) is 5.57. The number of carbonyl (C=O) groups is 1. The summed E-state index contributed by atoms with van der Waals surface area (Å²) in [7, 11) is 1.87. The number of carbonyl (C=O) groups excluding carboxylic acids is 1. The van der Waals surface area contributed by atoms with Crippen LogP contribution in [0, 0.1) is 31.6 Å². The highest BCUT2D eigenvalue weighted by Crippen LogP contribution is 2.63. The number of hydrogen-bond acceptors (Lipinski definition) is 4. The molecule has 1 saturated heterocycles. The average Bonchev–Trinajstić information content (AvgIpc) is 3.20. The van der Waals surface area contributed by atoms with Crippen molar-refractivity contribution >= 4 is 5.91 Å². The lowest BCUT2D eigenvalue weighted by molar-refractivity contribution is -0.134. The van der Waals surface area contributed by atoms with E-state index in [1.54, 1.807) is 6.07 Å². The highest BCUT2D eigenvalue weighted by molar-refractivity contribution is 5.94. The Hall–Kier alpha value is -3.23. The Morgan fingerprint density at radius 3 is 2.89 bits per heavy atom. The first-order valence-electron chi connectivity index (χ1n) is 13.1. The van der Waals surface area contributed by atoms with Crippen LogP contribution in [0.4, 0.5) is 0 Å². The van der Waals surface area contributed by atoms with Crippen LogP contribution in [-0.4, -0.2) is 59.1 Å². The van der Waals surface area contributed by atoms with E-state index in [1.807, 2.05) is 42.3 Å².